The Hall–Kier alpha value is -1.59. The number of halogens is 1. The zero-order valence-corrected chi connectivity index (χ0v) is 11.9. The summed E-state index contributed by atoms with van der Waals surface area (Å²) in [4.78, 5) is 20.6. The second-order valence-electron chi connectivity index (χ2n) is 4.47. The number of benzene rings is 1. The van der Waals surface area contributed by atoms with Gasteiger partial charge in [-0.25, -0.2) is 4.79 Å². The number of piperidine rings is 1. The molecule has 0 saturated carbocycles. The number of hydrogen-bond acceptors (Lipinski definition) is 3. The van der Waals surface area contributed by atoms with E-state index in [2.05, 4.69) is 10.6 Å². The zero-order chi connectivity index (χ0) is 14.8. The van der Waals surface area contributed by atoms with Crippen LogP contribution in [0.4, 0.5) is 4.79 Å². The lowest BCUT2D eigenvalue weighted by Crippen LogP contribution is -2.30. The molecule has 1 aromatic carbocycles. The molecule has 3 N–H and O–H groups in total. The first-order chi connectivity index (χ1) is 9.59. The summed E-state index contributed by atoms with van der Waals surface area (Å²) in [5.41, 5.74) is 0.968. The lowest BCUT2D eigenvalue weighted by molar-refractivity contribution is -0.115. The lowest BCUT2D eigenvalue weighted by atomic mass is 10.0. The standard InChI is InChI=1S/C8H9NO2.C6H10ClNO/c10-8(11)9-6-7-4-2-1-3-5-7;7-6(9)5-1-3-8-4-2-5/h1-5,9H,6H2,(H,10,11);5,8H,1-4H2. The van der Waals surface area contributed by atoms with Crippen LogP contribution in [0.1, 0.15) is 18.4 Å². The van der Waals surface area contributed by atoms with E-state index in [0.717, 1.165) is 31.5 Å². The lowest BCUT2D eigenvalue weighted by Gasteiger charge is -2.18. The van der Waals surface area contributed by atoms with Crippen molar-refractivity contribution in [2.24, 2.45) is 5.92 Å². The molecule has 0 unspecified atom stereocenters. The van der Waals surface area contributed by atoms with E-state index >= 15 is 0 Å². The number of carbonyl (C=O) groups excluding carboxylic acids is 1. The van der Waals surface area contributed by atoms with Gasteiger partial charge in [-0.15, -0.1) is 0 Å². The molecule has 1 aromatic rings. The Labute approximate surface area is 123 Å². The Morgan fingerprint density at radius 3 is 2.30 bits per heavy atom. The highest BCUT2D eigenvalue weighted by Crippen LogP contribution is 2.13. The molecule has 0 aromatic heterocycles. The molecule has 1 amide bonds. The molecule has 0 aliphatic carbocycles. The van der Waals surface area contributed by atoms with Crippen LogP contribution < -0.4 is 10.6 Å². The summed E-state index contributed by atoms with van der Waals surface area (Å²) >= 11 is 5.29. The quantitative estimate of drug-likeness (QED) is 0.748. The van der Waals surface area contributed by atoms with Crippen LogP contribution in [-0.4, -0.2) is 29.5 Å². The highest BCUT2D eigenvalue weighted by Gasteiger charge is 2.18. The molecule has 0 spiro atoms. The third kappa shape index (κ3) is 7.11. The molecule has 1 heterocycles. The Morgan fingerprint density at radius 1 is 1.25 bits per heavy atom. The van der Waals surface area contributed by atoms with E-state index in [1.54, 1.807) is 0 Å². The van der Waals surface area contributed by atoms with E-state index in [1.165, 1.54) is 0 Å². The van der Waals surface area contributed by atoms with E-state index in [0.29, 0.717) is 6.54 Å². The second kappa shape index (κ2) is 9.34. The summed E-state index contributed by atoms with van der Waals surface area (Å²) in [6, 6.07) is 9.38. The largest absolute Gasteiger partial charge is 0.465 e. The molecule has 1 saturated heterocycles. The average Bonchev–Trinajstić information content (AvgIpc) is 2.48. The van der Waals surface area contributed by atoms with Gasteiger partial charge in [0.2, 0.25) is 5.24 Å². The Kier molecular flexibility index (Phi) is 7.69. The maximum absolute atomic E-state index is 10.5. The van der Waals surface area contributed by atoms with Gasteiger partial charge in [-0.2, -0.15) is 0 Å². The molecule has 0 radical (unpaired) electrons. The van der Waals surface area contributed by atoms with Gasteiger partial charge in [0.15, 0.2) is 0 Å². The molecular formula is C14H19ClN2O3. The van der Waals surface area contributed by atoms with Crippen LogP contribution in [0.15, 0.2) is 30.3 Å². The molecule has 1 aliphatic heterocycles. The molecule has 1 aliphatic rings. The summed E-state index contributed by atoms with van der Waals surface area (Å²) in [6.45, 7) is 2.24. The van der Waals surface area contributed by atoms with Gasteiger partial charge in [0.1, 0.15) is 0 Å². The summed E-state index contributed by atoms with van der Waals surface area (Å²) in [7, 11) is 0. The van der Waals surface area contributed by atoms with E-state index in [9.17, 15) is 9.59 Å². The monoisotopic (exact) mass is 298 g/mol. The van der Waals surface area contributed by atoms with Crippen molar-refractivity contribution in [2.45, 2.75) is 19.4 Å². The van der Waals surface area contributed by atoms with Gasteiger partial charge in [-0.3, -0.25) is 4.79 Å². The van der Waals surface area contributed by atoms with Crippen LogP contribution in [0, 0.1) is 5.92 Å². The summed E-state index contributed by atoms with van der Waals surface area (Å²) in [6.07, 6.45) is 0.818. The van der Waals surface area contributed by atoms with Crippen molar-refractivity contribution in [3.05, 3.63) is 35.9 Å². The SMILES string of the molecule is O=C(Cl)C1CCNCC1.O=C(O)NCc1ccccc1. The third-order valence-electron chi connectivity index (χ3n) is 2.95. The molecule has 2 rings (SSSR count). The topological polar surface area (TPSA) is 78.4 Å². The minimum Gasteiger partial charge on any atom is -0.465 e. The van der Waals surface area contributed by atoms with Gasteiger partial charge in [-0.05, 0) is 43.1 Å². The molecule has 0 atom stereocenters. The maximum Gasteiger partial charge on any atom is 0.404 e. The molecule has 5 nitrogen and oxygen atoms in total. The molecule has 0 bridgehead atoms. The summed E-state index contributed by atoms with van der Waals surface area (Å²) in [5.74, 6) is 0.118. The van der Waals surface area contributed by atoms with Crippen molar-refractivity contribution >= 4 is 22.9 Å². The number of hydrogen-bond donors (Lipinski definition) is 3. The molecule has 1 fully saturated rings. The first-order valence-corrected chi connectivity index (χ1v) is 6.88. The Balaban J connectivity index is 0.000000204. The van der Waals surface area contributed by atoms with Gasteiger partial charge in [0.25, 0.3) is 0 Å². The number of carbonyl (C=O) groups is 2. The third-order valence-corrected chi connectivity index (χ3v) is 3.26. The van der Waals surface area contributed by atoms with Crippen molar-refractivity contribution in [1.82, 2.24) is 10.6 Å². The minimum absolute atomic E-state index is 0.118. The first kappa shape index (κ1) is 16.5. The fourth-order valence-corrected chi connectivity index (χ4v) is 2.04. The second-order valence-corrected chi connectivity index (χ2v) is 4.85. The molecule has 20 heavy (non-hydrogen) atoms. The minimum atomic E-state index is -0.992. The van der Waals surface area contributed by atoms with E-state index in [4.69, 9.17) is 16.7 Å². The first-order valence-electron chi connectivity index (χ1n) is 6.50. The highest BCUT2D eigenvalue weighted by molar-refractivity contribution is 6.63. The van der Waals surface area contributed by atoms with Gasteiger partial charge in [0, 0.05) is 12.5 Å². The van der Waals surface area contributed by atoms with Crippen molar-refractivity contribution < 1.29 is 14.7 Å². The van der Waals surface area contributed by atoms with Gasteiger partial charge < -0.3 is 15.7 Å². The van der Waals surface area contributed by atoms with Crippen LogP contribution in [0.2, 0.25) is 0 Å². The fraction of sp³-hybridized carbons (Fsp3) is 0.429. The van der Waals surface area contributed by atoms with Crippen LogP contribution in [0.5, 0.6) is 0 Å². The fourth-order valence-electron chi connectivity index (χ4n) is 1.82. The Bertz CT molecular complexity index is 420. The van der Waals surface area contributed by atoms with E-state index in [-0.39, 0.29) is 11.2 Å². The number of carboxylic acid groups (broad SMARTS) is 1. The predicted octanol–water partition coefficient (Wildman–Crippen LogP) is 2.21. The van der Waals surface area contributed by atoms with Crippen LogP contribution >= 0.6 is 11.6 Å². The van der Waals surface area contributed by atoms with Crippen LogP contribution in [0.3, 0.4) is 0 Å². The summed E-state index contributed by atoms with van der Waals surface area (Å²) < 4.78 is 0. The number of amides is 1. The van der Waals surface area contributed by atoms with Crippen molar-refractivity contribution in [3.63, 3.8) is 0 Å². The van der Waals surface area contributed by atoms with E-state index in [1.807, 2.05) is 30.3 Å². The normalized spacial score (nSPS) is 14.8. The van der Waals surface area contributed by atoms with Gasteiger partial charge in [-0.1, -0.05) is 30.3 Å². The molecule has 110 valence electrons. The summed E-state index contributed by atoms with van der Waals surface area (Å²) in [5, 5.41) is 13.5. The van der Waals surface area contributed by atoms with E-state index < -0.39 is 6.09 Å². The van der Waals surface area contributed by atoms with Gasteiger partial charge in [0.05, 0.1) is 0 Å². The van der Waals surface area contributed by atoms with Gasteiger partial charge >= 0.3 is 6.09 Å². The number of nitrogens with one attached hydrogen (secondary N) is 2. The number of rotatable bonds is 3. The molecular weight excluding hydrogens is 280 g/mol. The average molecular weight is 299 g/mol. The smallest absolute Gasteiger partial charge is 0.404 e. The van der Waals surface area contributed by atoms with Crippen molar-refractivity contribution in [1.29, 1.82) is 0 Å². The van der Waals surface area contributed by atoms with Crippen LogP contribution in [0.25, 0.3) is 0 Å². The Morgan fingerprint density at radius 2 is 1.85 bits per heavy atom. The zero-order valence-electron chi connectivity index (χ0n) is 11.1. The molecule has 6 heteroatoms. The maximum atomic E-state index is 10.5. The highest BCUT2D eigenvalue weighted by atomic mass is 35.5. The van der Waals surface area contributed by atoms with Crippen molar-refractivity contribution in [3.8, 4) is 0 Å². The van der Waals surface area contributed by atoms with Crippen LogP contribution in [-0.2, 0) is 11.3 Å². The predicted molar refractivity (Wildman–Crippen MR) is 77.8 cm³/mol. The van der Waals surface area contributed by atoms with Crippen molar-refractivity contribution in [2.75, 3.05) is 13.1 Å².